The zero-order valence-electron chi connectivity index (χ0n) is 18.8. The van der Waals surface area contributed by atoms with E-state index in [-0.39, 0.29) is 48.4 Å². The number of hydrogen-bond acceptors (Lipinski definition) is 7. The van der Waals surface area contributed by atoms with Crippen LogP contribution in [0.3, 0.4) is 0 Å². The number of nitrogens with one attached hydrogen (secondary N) is 1. The molecule has 1 aliphatic rings. The number of rotatable bonds is 7. The molecule has 1 unspecified atom stereocenters. The molecule has 1 atom stereocenters. The van der Waals surface area contributed by atoms with Crippen LogP contribution in [0, 0.1) is 12.7 Å². The van der Waals surface area contributed by atoms with Gasteiger partial charge in [-0.2, -0.15) is 5.10 Å². The second-order valence-corrected chi connectivity index (χ2v) is 9.28. The van der Waals surface area contributed by atoms with Crippen LogP contribution < -0.4 is 16.4 Å². The van der Waals surface area contributed by atoms with Gasteiger partial charge < -0.3 is 5.32 Å². The summed E-state index contributed by atoms with van der Waals surface area (Å²) in [5.74, 6) is 0.0434. The second-order valence-electron chi connectivity index (χ2n) is 8.29. The maximum Gasteiger partial charge on any atom is 0.264 e. The molecule has 4 heterocycles. The molecule has 0 fully saturated rings. The summed E-state index contributed by atoms with van der Waals surface area (Å²) in [6, 6.07) is 6.03. The largest absolute Gasteiger partial charge is 0.354 e. The molecule has 10 nitrogen and oxygen atoms in total. The van der Waals surface area contributed by atoms with Gasteiger partial charge in [0.15, 0.2) is 10.8 Å². The van der Waals surface area contributed by atoms with E-state index in [0.29, 0.717) is 39.6 Å². The average Bonchev–Trinajstić information content (AvgIpc) is 3.44. The minimum Gasteiger partial charge on any atom is -0.354 e. The summed E-state index contributed by atoms with van der Waals surface area (Å²) in [7, 11) is 0. The third-order valence-electron chi connectivity index (χ3n) is 5.89. The van der Waals surface area contributed by atoms with Crippen LogP contribution in [-0.4, -0.2) is 47.1 Å². The predicted octanol–water partition coefficient (Wildman–Crippen LogP) is 1.50. The Labute approximate surface area is 202 Å². The first-order valence-electron chi connectivity index (χ1n) is 11.0. The van der Waals surface area contributed by atoms with Crippen LogP contribution in [0.15, 0.2) is 57.7 Å². The van der Waals surface area contributed by atoms with Gasteiger partial charge in [-0.25, -0.2) is 19.0 Å². The number of nitrogens with zero attached hydrogens (tertiary/aromatic N) is 6. The fraction of sp³-hybridized carbons (Fsp3) is 0.304. The number of benzene rings is 1. The van der Waals surface area contributed by atoms with Gasteiger partial charge in [-0.3, -0.25) is 23.5 Å². The van der Waals surface area contributed by atoms with E-state index in [2.05, 4.69) is 20.4 Å². The van der Waals surface area contributed by atoms with E-state index in [1.165, 1.54) is 34.9 Å². The zero-order chi connectivity index (χ0) is 24.5. The van der Waals surface area contributed by atoms with Gasteiger partial charge in [0.05, 0.1) is 25.3 Å². The molecule has 0 saturated carbocycles. The van der Waals surface area contributed by atoms with Crippen molar-refractivity contribution in [1.82, 2.24) is 34.2 Å². The molecule has 4 aromatic rings. The lowest BCUT2D eigenvalue weighted by atomic mass is 10.2. The highest BCUT2D eigenvalue weighted by Gasteiger charge is 2.27. The maximum absolute atomic E-state index is 14.0. The molecule has 5 rings (SSSR count). The van der Waals surface area contributed by atoms with Crippen molar-refractivity contribution in [1.29, 1.82) is 0 Å². The van der Waals surface area contributed by atoms with Crippen molar-refractivity contribution in [2.45, 2.75) is 37.6 Å². The Kier molecular flexibility index (Phi) is 6.20. The number of hydrogen-bond donors (Lipinski definition) is 1. The number of halogens is 1. The van der Waals surface area contributed by atoms with Crippen LogP contribution in [0.25, 0.3) is 11.0 Å². The molecule has 12 heteroatoms. The van der Waals surface area contributed by atoms with Crippen LogP contribution in [0.1, 0.15) is 23.6 Å². The van der Waals surface area contributed by atoms with Crippen LogP contribution in [0.5, 0.6) is 0 Å². The summed E-state index contributed by atoms with van der Waals surface area (Å²) in [4.78, 5) is 46.4. The fourth-order valence-electron chi connectivity index (χ4n) is 4.04. The zero-order valence-corrected chi connectivity index (χ0v) is 19.7. The third-order valence-corrected chi connectivity index (χ3v) is 7.00. The van der Waals surface area contributed by atoms with Crippen molar-refractivity contribution >= 4 is 28.7 Å². The number of thioether (sulfide) groups is 1. The molecule has 35 heavy (non-hydrogen) atoms. The Morgan fingerprint density at radius 3 is 2.86 bits per heavy atom. The van der Waals surface area contributed by atoms with Gasteiger partial charge in [0.1, 0.15) is 17.5 Å². The van der Waals surface area contributed by atoms with E-state index < -0.39 is 0 Å². The van der Waals surface area contributed by atoms with Gasteiger partial charge in [0.2, 0.25) is 5.91 Å². The van der Waals surface area contributed by atoms with Crippen LogP contribution in [0.2, 0.25) is 0 Å². The molecule has 1 aliphatic heterocycles. The van der Waals surface area contributed by atoms with Gasteiger partial charge in [0, 0.05) is 36.0 Å². The molecule has 180 valence electrons. The number of amides is 1. The van der Waals surface area contributed by atoms with Gasteiger partial charge in [-0.15, -0.1) is 0 Å². The number of carbonyl (C=O) groups excluding carboxylic acids is 1. The van der Waals surface area contributed by atoms with Gasteiger partial charge >= 0.3 is 0 Å². The van der Waals surface area contributed by atoms with Crippen molar-refractivity contribution in [3.63, 3.8) is 0 Å². The van der Waals surface area contributed by atoms with Crippen LogP contribution >= 0.6 is 11.8 Å². The summed E-state index contributed by atoms with van der Waals surface area (Å²) in [5, 5.41) is 8.03. The third kappa shape index (κ3) is 4.48. The molecular weight excluding hydrogens is 473 g/mol. The standard InChI is InChI=1S/C23H22FN7O3S/c1-14-9-26-23-31(21(14)33)16(12-35-23)8-19(32)25-6-7-30-20-17(10-28-30)22(34)29(13-27-20)11-15-4-2-3-5-18(15)24/h2-5,9-10,13,16H,6-8,11-12H2,1H3,(H,25,32). The Bertz CT molecular complexity index is 1540. The number of aryl methyl sites for hydroxylation is 1. The van der Waals surface area contributed by atoms with Crippen molar-refractivity contribution in [3.8, 4) is 0 Å². The summed E-state index contributed by atoms with van der Waals surface area (Å²) < 4.78 is 18.4. The highest BCUT2D eigenvalue weighted by atomic mass is 32.2. The number of fused-ring (bicyclic) bond motifs is 2. The van der Waals surface area contributed by atoms with E-state index >= 15 is 0 Å². The first kappa shape index (κ1) is 23.0. The minimum absolute atomic E-state index is 0.0659. The lowest BCUT2D eigenvalue weighted by Crippen LogP contribution is -2.33. The highest BCUT2D eigenvalue weighted by Crippen LogP contribution is 2.31. The molecule has 1 amide bonds. The molecule has 0 aliphatic carbocycles. The topological polar surface area (TPSA) is 117 Å². The molecule has 0 spiro atoms. The van der Waals surface area contributed by atoms with E-state index in [0.717, 1.165) is 0 Å². The Morgan fingerprint density at radius 1 is 1.20 bits per heavy atom. The molecule has 0 saturated heterocycles. The minimum atomic E-state index is -0.387. The summed E-state index contributed by atoms with van der Waals surface area (Å²) in [6.07, 6.45) is 4.53. The molecule has 3 aromatic heterocycles. The first-order chi connectivity index (χ1) is 16.9. The van der Waals surface area contributed by atoms with Gasteiger partial charge in [-0.05, 0) is 13.0 Å². The summed E-state index contributed by atoms with van der Waals surface area (Å²) in [5.41, 5.74) is 0.895. The molecule has 1 N–H and O–H groups in total. The maximum atomic E-state index is 14.0. The fourth-order valence-corrected chi connectivity index (χ4v) is 5.15. The summed E-state index contributed by atoms with van der Waals surface area (Å²) in [6.45, 7) is 2.37. The van der Waals surface area contributed by atoms with Crippen molar-refractivity contribution in [2.24, 2.45) is 0 Å². The summed E-state index contributed by atoms with van der Waals surface area (Å²) >= 11 is 1.46. The quantitative estimate of drug-likeness (QED) is 0.386. The van der Waals surface area contributed by atoms with Crippen molar-refractivity contribution in [2.75, 3.05) is 12.3 Å². The average molecular weight is 496 g/mol. The highest BCUT2D eigenvalue weighted by molar-refractivity contribution is 7.99. The van der Waals surface area contributed by atoms with E-state index in [9.17, 15) is 18.8 Å². The monoisotopic (exact) mass is 495 g/mol. The molecule has 1 aromatic carbocycles. The van der Waals surface area contributed by atoms with Crippen LogP contribution in [0.4, 0.5) is 4.39 Å². The van der Waals surface area contributed by atoms with Crippen molar-refractivity contribution < 1.29 is 9.18 Å². The van der Waals surface area contributed by atoms with E-state index in [1.54, 1.807) is 40.6 Å². The second kappa shape index (κ2) is 9.45. The van der Waals surface area contributed by atoms with Crippen molar-refractivity contribution in [3.05, 3.63) is 80.6 Å². The Morgan fingerprint density at radius 2 is 2.03 bits per heavy atom. The normalized spacial score (nSPS) is 14.9. The molecule has 0 bridgehead atoms. The number of aromatic nitrogens is 6. The van der Waals surface area contributed by atoms with Crippen LogP contribution in [-0.2, 0) is 17.9 Å². The first-order valence-corrected chi connectivity index (χ1v) is 12.0. The smallest absolute Gasteiger partial charge is 0.264 e. The lowest BCUT2D eigenvalue weighted by Gasteiger charge is -2.13. The van der Waals surface area contributed by atoms with E-state index in [1.807, 2.05) is 0 Å². The predicted molar refractivity (Wildman–Crippen MR) is 128 cm³/mol. The molecule has 0 radical (unpaired) electrons. The SMILES string of the molecule is Cc1cnc2n(c1=O)C(CC(=O)NCCn1ncc3c(=O)n(Cc4ccccc4F)cnc31)CS2. The van der Waals surface area contributed by atoms with Gasteiger partial charge in [0.25, 0.3) is 11.1 Å². The van der Waals surface area contributed by atoms with E-state index in [4.69, 9.17) is 0 Å². The Balaban J connectivity index is 1.22. The van der Waals surface area contributed by atoms with Gasteiger partial charge in [-0.1, -0.05) is 30.0 Å². The lowest BCUT2D eigenvalue weighted by molar-refractivity contribution is -0.121. The molecular formula is C23H22FN7O3S. The number of carbonyl (C=O) groups is 1. The Hall–Kier alpha value is -3.80.